The summed E-state index contributed by atoms with van der Waals surface area (Å²) in [6.07, 6.45) is 4.63. The fraction of sp³-hybridized carbons (Fsp3) is 0.105. The second-order valence-electron chi connectivity index (χ2n) is 5.77. The minimum Gasteiger partial charge on any atom is -0.481 e. The third-order valence-corrected chi connectivity index (χ3v) is 4.98. The molecule has 9 heteroatoms. The van der Waals surface area contributed by atoms with Crippen LogP contribution in [0.4, 0.5) is 0 Å². The average molecular weight is 388 g/mol. The number of aryl methyl sites for hydroxylation is 1. The summed E-state index contributed by atoms with van der Waals surface area (Å²) in [4.78, 5) is 17.5. The van der Waals surface area contributed by atoms with Crippen molar-refractivity contribution in [3.05, 3.63) is 46.7 Å². The lowest BCUT2D eigenvalue weighted by molar-refractivity contribution is 0.398. The molecule has 0 aliphatic carbocycles. The molecule has 0 fully saturated rings. The number of nitrogens with zero attached hydrogens (tertiary/aromatic N) is 5. The molecule has 8 nitrogen and oxygen atoms in total. The molecule has 1 N–H and O–H groups in total. The Labute approximate surface area is 163 Å². The summed E-state index contributed by atoms with van der Waals surface area (Å²) in [7, 11) is 1.52. The number of imidazole rings is 1. The van der Waals surface area contributed by atoms with E-state index in [0.717, 1.165) is 4.88 Å². The molecule has 4 heterocycles. The first-order valence-corrected chi connectivity index (χ1v) is 8.91. The van der Waals surface area contributed by atoms with Gasteiger partial charge in [0, 0.05) is 17.0 Å². The van der Waals surface area contributed by atoms with Gasteiger partial charge in [0.05, 0.1) is 41.0 Å². The van der Waals surface area contributed by atoms with Crippen LogP contribution in [-0.4, -0.2) is 27.0 Å². The molecule has 4 rings (SSSR count). The number of hydrogen-bond donors (Lipinski definition) is 1. The summed E-state index contributed by atoms with van der Waals surface area (Å²) in [6, 6.07) is 7.73. The van der Waals surface area contributed by atoms with Crippen molar-refractivity contribution >= 4 is 34.0 Å². The number of fused-ring (bicyclic) bond motifs is 1. The molecule has 0 aliphatic rings. The fourth-order valence-corrected chi connectivity index (χ4v) is 3.56. The van der Waals surface area contributed by atoms with Gasteiger partial charge in [-0.3, -0.25) is 0 Å². The van der Waals surface area contributed by atoms with E-state index < -0.39 is 0 Å². The zero-order valence-electron chi connectivity index (χ0n) is 14.8. The van der Waals surface area contributed by atoms with E-state index in [1.807, 2.05) is 6.92 Å². The first-order chi connectivity index (χ1) is 13.6. The zero-order chi connectivity index (χ0) is 19.7. The van der Waals surface area contributed by atoms with Crippen molar-refractivity contribution in [2.75, 3.05) is 7.11 Å². The number of methoxy groups -OCH3 is 1. The lowest BCUT2D eigenvalue weighted by Gasteiger charge is -1.95. The molecule has 0 saturated heterocycles. The summed E-state index contributed by atoms with van der Waals surface area (Å²) in [5.74, 6) is 1.54. The molecule has 0 aromatic carbocycles. The Balaban J connectivity index is 1.71. The second kappa shape index (κ2) is 6.99. The number of aromatic amines is 1. The quantitative estimate of drug-likeness (QED) is 0.525. The molecule has 0 saturated carbocycles. The predicted molar refractivity (Wildman–Crippen MR) is 103 cm³/mol. The Morgan fingerprint density at radius 1 is 1.29 bits per heavy atom. The maximum atomic E-state index is 9.55. The monoisotopic (exact) mass is 388 g/mol. The van der Waals surface area contributed by atoms with Crippen LogP contribution in [0.3, 0.4) is 0 Å². The van der Waals surface area contributed by atoms with Gasteiger partial charge in [-0.2, -0.15) is 10.5 Å². The molecule has 0 bridgehead atoms. The van der Waals surface area contributed by atoms with Gasteiger partial charge in [-0.15, -0.1) is 11.3 Å². The summed E-state index contributed by atoms with van der Waals surface area (Å²) in [5.41, 5.74) is 2.10. The number of hydrogen-bond acceptors (Lipinski definition) is 8. The summed E-state index contributed by atoms with van der Waals surface area (Å²) in [6.45, 7) is 1.92. The molecule has 4 aromatic rings. The summed E-state index contributed by atoms with van der Waals surface area (Å²) < 4.78 is 10.8. The standard InChI is InChI=1S/C19H12N6O2S/c1-10-3-11(6-20)18(28-10)15-9-23-17(27-15)4-12(7-21)19-24-13-5-16(26-2)22-8-14(13)25-19/h3-5,8-9H,1-2H3,(H,24,25)/b12-4+. The predicted octanol–water partition coefficient (Wildman–Crippen LogP) is 3.93. The van der Waals surface area contributed by atoms with Crippen molar-refractivity contribution in [2.45, 2.75) is 6.92 Å². The van der Waals surface area contributed by atoms with Crippen LogP contribution in [-0.2, 0) is 0 Å². The summed E-state index contributed by atoms with van der Waals surface area (Å²) >= 11 is 1.45. The van der Waals surface area contributed by atoms with E-state index in [-0.39, 0.29) is 11.5 Å². The van der Waals surface area contributed by atoms with Crippen molar-refractivity contribution in [2.24, 2.45) is 0 Å². The van der Waals surface area contributed by atoms with Gasteiger partial charge >= 0.3 is 0 Å². The smallest absolute Gasteiger partial charge is 0.220 e. The van der Waals surface area contributed by atoms with E-state index >= 15 is 0 Å². The minimum atomic E-state index is 0.248. The molecule has 28 heavy (non-hydrogen) atoms. The van der Waals surface area contributed by atoms with Crippen LogP contribution >= 0.6 is 11.3 Å². The van der Waals surface area contributed by atoms with E-state index in [1.165, 1.54) is 24.5 Å². The highest BCUT2D eigenvalue weighted by atomic mass is 32.1. The zero-order valence-corrected chi connectivity index (χ0v) is 15.7. The Bertz CT molecular complexity index is 1300. The Morgan fingerprint density at radius 3 is 2.89 bits per heavy atom. The SMILES string of the molecule is COc1cc2nc(/C(C#N)=C/c3ncc(-c4sc(C)cc4C#N)o3)[nH]c2cn1. The lowest BCUT2D eigenvalue weighted by Crippen LogP contribution is -1.85. The Morgan fingerprint density at radius 2 is 2.14 bits per heavy atom. The number of aromatic nitrogens is 4. The van der Waals surface area contributed by atoms with E-state index in [4.69, 9.17) is 9.15 Å². The lowest BCUT2D eigenvalue weighted by atomic mass is 10.2. The third-order valence-electron chi connectivity index (χ3n) is 3.92. The molecule has 0 aliphatic heterocycles. The van der Waals surface area contributed by atoms with Crippen LogP contribution in [0, 0.1) is 29.6 Å². The van der Waals surface area contributed by atoms with Crippen molar-refractivity contribution < 1.29 is 9.15 Å². The first kappa shape index (κ1) is 17.5. The number of H-pyrrole nitrogens is 1. The van der Waals surface area contributed by atoms with Gasteiger partial charge in [0.1, 0.15) is 23.5 Å². The van der Waals surface area contributed by atoms with E-state index in [2.05, 4.69) is 32.1 Å². The van der Waals surface area contributed by atoms with E-state index in [1.54, 1.807) is 24.5 Å². The van der Waals surface area contributed by atoms with Gasteiger partial charge in [-0.05, 0) is 13.0 Å². The highest BCUT2D eigenvalue weighted by Crippen LogP contribution is 2.33. The van der Waals surface area contributed by atoms with Gasteiger partial charge in [-0.1, -0.05) is 0 Å². The topological polar surface area (TPSA) is 124 Å². The number of thiophene rings is 1. The fourth-order valence-electron chi connectivity index (χ4n) is 2.65. The number of pyridine rings is 1. The summed E-state index contributed by atoms with van der Waals surface area (Å²) in [5, 5.41) is 18.8. The molecular weight excluding hydrogens is 376 g/mol. The highest BCUT2D eigenvalue weighted by Gasteiger charge is 2.15. The van der Waals surface area contributed by atoms with Crippen LogP contribution in [0.1, 0.15) is 22.2 Å². The molecule has 136 valence electrons. The molecular formula is C19H12N6O2S. The number of ether oxygens (including phenoxy) is 1. The molecule has 0 spiro atoms. The number of rotatable bonds is 4. The van der Waals surface area contributed by atoms with Crippen molar-refractivity contribution in [3.63, 3.8) is 0 Å². The minimum absolute atomic E-state index is 0.248. The van der Waals surface area contributed by atoms with Gasteiger partial charge in [0.15, 0.2) is 5.76 Å². The van der Waals surface area contributed by atoms with Crippen molar-refractivity contribution in [1.82, 2.24) is 19.9 Å². The molecule has 0 radical (unpaired) electrons. The molecule has 0 amide bonds. The van der Waals surface area contributed by atoms with Crippen LogP contribution in [0.5, 0.6) is 5.88 Å². The van der Waals surface area contributed by atoms with Crippen LogP contribution < -0.4 is 4.74 Å². The third kappa shape index (κ3) is 3.11. The Kier molecular flexibility index (Phi) is 4.36. The van der Waals surface area contributed by atoms with Crippen LogP contribution in [0.2, 0.25) is 0 Å². The average Bonchev–Trinajstić information content (AvgIpc) is 3.42. The van der Waals surface area contributed by atoms with Crippen molar-refractivity contribution in [3.8, 4) is 28.7 Å². The number of allylic oxidation sites excluding steroid dienone is 1. The molecule has 0 unspecified atom stereocenters. The van der Waals surface area contributed by atoms with Gasteiger partial charge in [0.2, 0.25) is 11.8 Å². The maximum absolute atomic E-state index is 9.55. The Hall–Kier alpha value is -3.95. The number of nitriles is 2. The number of nitrogens with one attached hydrogen (secondary N) is 1. The first-order valence-electron chi connectivity index (χ1n) is 8.10. The van der Waals surface area contributed by atoms with Gasteiger partial charge in [-0.25, -0.2) is 15.0 Å². The van der Waals surface area contributed by atoms with Gasteiger partial charge in [0.25, 0.3) is 0 Å². The van der Waals surface area contributed by atoms with Crippen LogP contribution in [0.15, 0.2) is 28.9 Å². The maximum Gasteiger partial charge on any atom is 0.220 e. The van der Waals surface area contributed by atoms with Crippen LogP contribution in [0.25, 0.3) is 33.3 Å². The highest BCUT2D eigenvalue weighted by molar-refractivity contribution is 7.15. The van der Waals surface area contributed by atoms with E-state index in [0.29, 0.717) is 38.9 Å². The molecule has 0 atom stereocenters. The largest absolute Gasteiger partial charge is 0.481 e. The normalized spacial score (nSPS) is 11.4. The van der Waals surface area contributed by atoms with Gasteiger partial charge < -0.3 is 14.1 Å². The second-order valence-corrected chi connectivity index (χ2v) is 7.03. The number of oxazole rings is 1. The molecule has 4 aromatic heterocycles. The van der Waals surface area contributed by atoms with E-state index in [9.17, 15) is 10.5 Å². The van der Waals surface area contributed by atoms with Crippen molar-refractivity contribution in [1.29, 1.82) is 10.5 Å².